The van der Waals surface area contributed by atoms with E-state index in [4.69, 9.17) is 0 Å². The van der Waals surface area contributed by atoms with Crippen molar-refractivity contribution in [2.45, 2.75) is 11.8 Å². The van der Waals surface area contributed by atoms with Crippen LogP contribution in [0.4, 0.5) is 11.4 Å². The smallest absolute Gasteiger partial charge is 0.271 e. The minimum atomic E-state index is -3.92. The standard InChI is InChI=1S/C21H16N2O4S/c1-16-7-13-20(14-8-16)28(26,27)22-21-15-19(23(24)25)12-11-18(21)10-9-17-5-3-2-4-6-17/h2-8,11-15,22H,1H3. The second kappa shape index (κ2) is 7.94. The Morgan fingerprint density at radius 1 is 0.929 bits per heavy atom. The van der Waals surface area contributed by atoms with Gasteiger partial charge >= 0.3 is 0 Å². The quantitative estimate of drug-likeness (QED) is 0.411. The number of nitro groups is 1. The van der Waals surface area contributed by atoms with Gasteiger partial charge in [0.05, 0.1) is 15.5 Å². The summed E-state index contributed by atoms with van der Waals surface area (Å²) in [6, 6.07) is 19.4. The van der Waals surface area contributed by atoms with Crippen molar-refractivity contribution < 1.29 is 13.3 Å². The summed E-state index contributed by atoms with van der Waals surface area (Å²) in [5, 5.41) is 11.1. The van der Waals surface area contributed by atoms with E-state index in [0.29, 0.717) is 5.56 Å². The van der Waals surface area contributed by atoms with Crippen molar-refractivity contribution in [3.05, 3.63) is 99.6 Å². The molecule has 1 N–H and O–H groups in total. The number of rotatable bonds is 4. The fourth-order valence-corrected chi connectivity index (χ4v) is 3.49. The highest BCUT2D eigenvalue weighted by Gasteiger charge is 2.18. The molecular weight excluding hydrogens is 376 g/mol. The summed E-state index contributed by atoms with van der Waals surface area (Å²) in [6.45, 7) is 1.85. The number of hydrogen-bond acceptors (Lipinski definition) is 4. The van der Waals surface area contributed by atoms with Crippen LogP contribution in [0.25, 0.3) is 0 Å². The van der Waals surface area contributed by atoms with Gasteiger partial charge in [0, 0.05) is 23.3 Å². The zero-order valence-corrected chi connectivity index (χ0v) is 15.7. The predicted molar refractivity (Wildman–Crippen MR) is 108 cm³/mol. The Morgan fingerprint density at radius 3 is 2.25 bits per heavy atom. The number of hydrogen-bond donors (Lipinski definition) is 1. The van der Waals surface area contributed by atoms with E-state index in [-0.39, 0.29) is 16.3 Å². The third-order valence-electron chi connectivity index (χ3n) is 3.90. The molecule has 0 spiro atoms. The summed E-state index contributed by atoms with van der Waals surface area (Å²) in [7, 11) is -3.92. The number of non-ortho nitro benzene ring substituents is 1. The summed E-state index contributed by atoms with van der Waals surface area (Å²) in [5.41, 5.74) is 1.83. The van der Waals surface area contributed by atoms with Crippen LogP contribution in [-0.4, -0.2) is 13.3 Å². The Balaban J connectivity index is 2.02. The van der Waals surface area contributed by atoms with Gasteiger partial charge in [0.2, 0.25) is 0 Å². The molecule has 3 aromatic carbocycles. The third kappa shape index (κ3) is 4.55. The molecule has 0 radical (unpaired) electrons. The number of nitrogens with one attached hydrogen (secondary N) is 1. The van der Waals surface area contributed by atoms with Crippen LogP contribution in [0.15, 0.2) is 77.7 Å². The SMILES string of the molecule is Cc1ccc(S(=O)(=O)Nc2cc([N+](=O)[O-])ccc2C#Cc2ccccc2)cc1. The Labute approximate surface area is 163 Å². The fraction of sp³-hybridized carbons (Fsp3) is 0.0476. The molecule has 0 aromatic heterocycles. The first-order valence-electron chi connectivity index (χ1n) is 8.30. The Bertz CT molecular complexity index is 1180. The summed E-state index contributed by atoms with van der Waals surface area (Å²) >= 11 is 0. The average Bonchev–Trinajstić information content (AvgIpc) is 2.67. The van der Waals surface area contributed by atoms with Gasteiger partial charge in [-0.1, -0.05) is 47.7 Å². The van der Waals surface area contributed by atoms with E-state index in [1.54, 1.807) is 12.1 Å². The molecule has 28 heavy (non-hydrogen) atoms. The summed E-state index contributed by atoms with van der Waals surface area (Å²) in [6.07, 6.45) is 0. The third-order valence-corrected chi connectivity index (χ3v) is 5.29. The van der Waals surface area contributed by atoms with E-state index in [9.17, 15) is 18.5 Å². The molecule has 0 saturated heterocycles. The van der Waals surface area contributed by atoms with Crippen molar-refractivity contribution in [1.82, 2.24) is 0 Å². The second-order valence-corrected chi connectivity index (χ2v) is 7.70. The minimum absolute atomic E-state index is 0.0539. The lowest BCUT2D eigenvalue weighted by molar-refractivity contribution is -0.384. The molecule has 0 aliphatic heterocycles. The summed E-state index contributed by atoms with van der Waals surface area (Å²) in [4.78, 5) is 10.6. The molecule has 140 valence electrons. The summed E-state index contributed by atoms with van der Waals surface area (Å²) in [5.74, 6) is 5.81. The number of benzene rings is 3. The number of anilines is 1. The maximum Gasteiger partial charge on any atom is 0.271 e. The molecule has 0 aliphatic carbocycles. The van der Waals surface area contributed by atoms with Crippen LogP contribution >= 0.6 is 0 Å². The van der Waals surface area contributed by atoms with Crippen molar-refractivity contribution >= 4 is 21.4 Å². The van der Waals surface area contributed by atoms with Gasteiger partial charge in [-0.3, -0.25) is 14.8 Å². The van der Waals surface area contributed by atoms with Crippen molar-refractivity contribution in [3.8, 4) is 11.8 Å². The van der Waals surface area contributed by atoms with Crippen molar-refractivity contribution in [1.29, 1.82) is 0 Å². The normalized spacial score (nSPS) is 10.6. The lowest BCUT2D eigenvalue weighted by Crippen LogP contribution is -2.14. The van der Waals surface area contributed by atoms with Crippen LogP contribution in [-0.2, 0) is 10.0 Å². The molecule has 0 unspecified atom stereocenters. The largest absolute Gasteiger partial charge is 0.278 e. The van der Waals surface area contributed by atoms with E-state index in [1.165, 1.54) is 30.3 Å². The second-order valence-electron chi connectivity index (χ2n) is 6.02. The highest BCUT2D eigenvalue weighted by atomic mass is 32.2. The summed E-state index contributed by atoms with van der Waals surface area (Å²) < 4.78 is 27.8. The van der Waals surface area contributed by atoms with Gasteiger partial charge in [-0.25, -0.2) is 8.42 Å². The first kappa shape index (κ1) is 19.1. The van der Waals surface area contributed by atoms with Gasteiger partial charge in [0.25, 0.3) is 15.7 Å². The van der Waals surface area contributed by atoms with E-state index < -0.39 is 14.9 Å². The van der Waals surface area contributed by atoms with Gasteiger partial charge in [-0.05, 0) is 37.3 Å². The van der Waals surface area contributed by atoms with Gasteiger partial charge in [0.1, 0.15) is 0 Å². The zero-order chi connectivity index (χ0) is 20.1. The molecule has 0 fully saturated rings. The molecule has 0 heterocycles. The maximum absolute atomic E-state index is 12.7. The Kier molecular flexibility index (Phi) is 5.43. The molecule has 0 saturated carbocycles. The molecular formula is C21H16N2O4S. The number of sulfonamides is 1. The van der Waals surface area contributed by atoms with Gasteiger partial charge in [0.15, 0.2) is 0 Å². The molecule has 0 bridgehead atoms. The molecule has 0 amide bonds. The number of aryl methyl sites for hydroxylation is 1. The minimum Gasteiger partial charge on any atom is -0.278 e. The highest BCUT2D eigenvalue weighted by molar-refractivity contribution is 7.92. The Hall–Kier alpha value is -3.63. The van der Waals surface area contributed by atoms with Crippen LogP contribution in [0.3, 0.4) is 0 Å². The maximum atomic E-state index is 12.7. The van der Waals surface area contributed by atoms with Crippen molar-refractivity contribution in [2.75, 3.05) is 4.72 Å². The van der Waals surface area contributed by atoms with E-state index >= 15 is 0 Å². The lowest BCUT2D eigenvalue weighted by atomic mass is 10.1. The predicted octanol–water partition coefficient (Wildman–Crippen LogP) is 4.10. The van der Waals surface area contributed by atoms with E-state index in [2.05, 4.69) is 16.6 Å². The van der Waals surface area contributed by atoms with Crippen LogP contribution in [0.2, 0.25) is 0 Å². The molecule has 3 rings (SSSR count). The number of nitro benzene ring substituents is 1. The van der Waals surface area contributed by atoms with Crippen molar-refractivity contribution in [2.24, 2.45) is 0 Å². The number of nitrogens with zero attached hydrogens (tertiary/aromatic N) is 1. The molecule has 0 aliphatic rings. The van der Waals surface area contributed by atoms with E-state index in [1.807, 2.05) is 37.3 Å². The average molecular weight is 392 g/mol. The van der Waals surface area contributed by atoms with Gasteiger partial charge < -0.3 is 0 Å². The highest BCUT2D eigenvalue weighted by Crippen LogP contribution is 2.25. The van der Waals surface area contributed by atoms with Gasteiger partial charge in [-0.15, -0.1) is 0 Å². The first-order chi connectivity index (χ1) is 13.3. The first-order valence-corrected chi connectivity index (χ1v) is 9.78. The molecule has 0 atom stereocenters. The van der Waals surface area contributed by atoms with Crippen LogP contribution < -0.4 is 4.72 Å². The van der Waals surface area contributed by atoms with Gasteiger partial charge in [-0.2, -0.15) is 0 Å². The fourth-order valence-electron chi connectivity index (χ4n) is 2.42. The topological polar surface area (TPSA) is 89.3 Å². The monoisotopic (exact) mass is 392 g/mol. The van der Waals surface area contributed by atoms with Crippen LogP contribution in [0.1, 0.15) is 16.7 Å². The molecule has 6 nitrogen and oxygen atoms in total. The zero-order valence-electron chi connectivity index (χ0n) is 14.9. The van der Waals surface area contributed by atoms with Crippen LogP contribution in [0.5, 0.6) is 0 Å². The van der Waals surface area contributed by atoms with Crippen LogP contribution in [0, 0.1) is 28.9 Å². The lowest BCUT2D eigenvalue weighted by Gasteiger charge is -2.10. The molecule has 7 heteroatoms. The van der Waals surface area contributed by atoms with E-state index in [0.717, 1.165) is 11.1 Å². The van der Waals surface area contributed by atoms with Crippen molar-refractivity contribution in [3.63, 3.8) is 0 Å². The molecule has 3 aromatic rings. The Morgan fingerprint density at radius 2 is 1.61 bits per heavy atom.